The SMILES string of the molecule is C=C/C=C(/C(C)=O)c1c(C)cccc1C(=O)/C=C/CCCNCCCCCCCCCCNCCCN1C(=O)/C(=C/C)c2c(C=C)cccc2C1=O. The molecular formula is C45H59N3O4. The summed E-state index contributed by atoms with van der Waals surface area (Å²) < 4.78 is 0. The number of ketones is 2. The molecule has 1 heterocycles. The normalized spacial score (nSPS) is 13.9. The van der Waals surface area contributed by atoms with E-state index in [2.05, 4.69) is 23.8 Å². The lowest BCUT2D eigenvalue weighted by Crippen LogP contribution is -2.43. The molecule has 2 amide bonds. The Labute approximate surface area is 312 Å². The summed E-state index contributed by atoms with van der Waals surface area (Å²) in [5.41, 5.74) is 5.29. The van der Waals surface area contributed by atoms with Crippen molar-refractivity contribution in [1.82, 2.24) is 15.5 Å². The molecule has 0 aliphatic carbocycles. The van der Waals surface area contributed by atoms with Gasteiger partial charge >= 0.3 is 0 Å². The number of rotatable bonds is 25. The number of amides is 2. The molecule has 2 aromatic rings. The summed E-state index contributed by atoms with van der Waals surface area (Å²) in [4.78, 5) is 52.7. The van der Waals surface area contributed by atoms with E-state index < -0.39 is 0 Å². The van der Waals surface area contributed by atoms with Crippen LogP contribution in [0.1, 0.15) is 127 Å². The number of aryl methyl sites for hydroxylation is 1. The molecule has 278 valence electrons. The van der Waals surface area contributed by atoms with E-state index in [4.69, 9.17) is 0 Å². The van der Waals surface area contributed by atoms with Crippen LogP contribution in [0.25, 0.3) is 17.2 Å². The second-order valence-electron chi connectivity index (χ2n) is 13.4. The minimum Gasteiger partial charge on any atom is -0.317 e. The minimum atomic E-state index is -0.223. The number of unbranched alkanes of at least 4 members (excludes halogenated alkanes) is 8. The number of benzene rings is 2. The van der Waals surface area contributed by atoms with Gasteiger partial charge in [-0.1, -0.05) is 112 Å². The highest BCUT2D eigenvalue weighted by molar-refractivity contribution is 6.31. The molecule has 52 heavy (non-hydrogen) atoms. The fraction of sp³-hybridized carbons (Fsp3) is 0.422. The molecule has 0 aromatic heterocycles. The van der Waals surface area contributed by atoms with Crippen LogP contribution in [-0.4, -0.2) is 61.0 Å². The van der Waals surface area contributed by atoms with Crippen molar-refractivity contribution in [2.24, 2.45) is 0 Å². The molecule has 0 radical (unpaired) electrons. The molecule has 0 fully saturated rings. The Morgan fingerprint density at radius 2 is 1.40 bits per heavy atom. The number of hydrogen-bond donors (Lipinski definition) is 2. The molecule has 0 saturated heterocycles. The number of carbonyl (C=O) groups excluding carboxylic acids is 4. The van der Waals surface area contributed by atoms with Gasteiger partial charge in [-0.3, -0.25) is 24.1 Å². The number of Topliss-reactive ketones (excluding diaryl/α,β-unsaturated/α-hetero) is 1. The minimum absolute atomic E-state index is 0.0866. The summed E-state index contributed by atoms with van der Waals surface area (Å²) >= 11 is 0. The highest BCUT2D eigenvalue weighted by atomic mass is 16.2. The van der Waals surface area contributed by atoms with Crippen LogP contribution in [0.2, 0.25) is 0 Å². The van der Waals surface area contributed by atoms with Crippen molar-refractivity contribution >= 4 is 40.6 Å². The smallest absolute Gasteiger partial charge is 0.261 e. The Kier molecular flexibility index (Phi) is 18.7. The summed E-state index contributed by atoms with van der Waals surface area (Å²) in [6, 6.07) is 11.1. The van der Waals surface area contributed by atoms with Crippen molar-refractivity contribution in [1.29, 1.82) is 0 Å². The molecule has 7 heteroatoms. The highest BCUT2D eigenvalue weighted by Crippen LogP contribution is 2.32. The molecule has 0 unspecified atom stereocenters. The van der Waals surface area contributed by atoms with Crippen molar-refractivity contribution in [3.05, 3.63) is 113 Å². The van der Waals surface area contributed by atoms with E-state index in [1.165, 1.54) is 56.8 Å². The standard InChI is InChI=1S/C45H59N3O4/c1-6-23-38(35(5)49)42-34(4)24-20-26-39(42)41(50)28-16-15-19-31-46-29-17-13-11-9-10-12-14-18-30-47-32-22-33-48-44(51)37(8-3)43-36(7-2)25-21-27-40(43)45(48)52/h6-8,16,20-21,23-28,46-47H,1-2,9-15,17-19,22,29-33H2,3-5H3/b28-16+,37-8+,38-23-. The van der Waals surface area contributed by atoms with E-state index in [0.717, 1.165) is 63.0 Å². The first-order chi connectivity index (χ1) is 25.3. The quantitative estimate of drug-likeness (QED) is 0.0352. The van der Waals surface area contributed by atoms with Crippen molar-refractivity contribution in [2.75, 3.05) is 32.7 Å². The van der Waals surface area contributed by atoms with Crippen molar-refractivity contribution < 1.29 is 19.2 Å². The van der Waals surface area contributed by atoms with Gasteiger partial charge in [0, 0.05) is 34.4 Å². The molecule has 1 aliphatic rings. The number of carbonyl (C=O) groups is 4. The van der Waals surface area contributed by atoms with Gasteiger partial charge in [0.05, 0.1) is 0 Å². The zero-order valence-electron chi connectivity index (χ0n) is 31.7. The Morgan fingerprint density at radius 1 is 0.788 bits per heavy atom. The van der Waals surface area contributed by atoms with E-state index in [-0.39, 0.29) is 23.4 Å². The van der Waals surface area contributed by atoms with Gasteiger partial charge in [-0.05, 0) is 108 Å². The molecule has 0 saturated carbocycles. The number of allylic oxidation sites excluding steroid dienone is 6. The van der Waals surface area contributed by atoms with Gasteiger partial charge in [0.2, 0.25) is 0 Å². The number of nitrogens with one attached hydrogen (secondary N) is 2. The predicted octanol–water partition coefficient (Wildman–Crippen LogP) is 9.09. The Bertz CT molecular complexity index is 1650. The molecule has 2 N–H and O–H groups in total. The maximum absolute atomic E-state index is 13.1. The van der Waals surface area contributed by atoms with E-state index in [1.54, 1.807) is 42.5 Å². The molecule has 0 atom stereocenters. The summed E-state index contributed by atoms with van der Waals surface area (Å²) in [6.45, 7) is 16.9. The van der Waals surface area contributed by atoms with Crippen LogP contribution >= 0.6 is 0 Å². The Morgan fingerprint density at radius 3 is 2.02 bits per heavy atom. The Hall–Kier alpha value is -4.46. The zero-order valence-corrected chi connectivity index (χ0v) is 31.7. The number of imide groups is 1. The van der Waals surface area contributed by atoms with Gasteiger partial charge in [-0.15, -0.1) is 0 Å². The maximum Gasteiger partial charge on any atom is 0.261 e. The summed E-state index contributed by atoms with van der Waals surface area (Å²) in [6.07, 6.45) is 22.6. The monoisotopic (exact) mass is 705 g/mol. The van der Waals surface area contributed by atoms with E-state index in [0.29, 0.717) is 39.9 Å². The second kappa shape index (κ2) is 23.2. The first-order valence-electron chi connectivity index (χ1n) is 19.1. The lowest BCUT2D eigenvalue weighted by molar-refractivity contribution is -0.123. The third-order valence-corrected chi connectivity index (χ3v) is 9.48. The first-order valence-corrected chi connectivity index (χ1v) is 19.1. The fourth-order valence-corrected chi connectivity index (χ4v) is 6.70. The predicted molar refractivity (Wildman–Crippen MR) is 216 cm³/mol. The van der Waals surface area contributed by atoms with Gasteiger partial charge in [-0.2, -0.15) is 0 Å². The molecule has 0 spiro atoms. The number of nitrogens with zero attached hydrogens (tertiary/aromatic N) is 1. The largest absolute Gasteiger partial charge is 0.317 e. The molecule has 2 aromatic carbocycles. The summed E-state index contributed by atoms with van der Waals surface area (Å²) in [5.74, 6) is -0.620. The number of hydrogen-bond acceptors (Lipinski definition) is 6. The third-order valence-electron chi connectivity index (χ3n) is 9.48. The summed E-state index contributed by atoms with van der Waals surface area (Å²) in [7, 11) is 0. The highest BCUT2D eigenvalue weighted by Gasteiger charge is 2.35. The van der Waals surface area contributed by atoms with E-state index in [9.17, 15) is 19.2 Å². The van der Waals surface area contributed by atoms with Crippen LogP contribution in [0.3, 0.4) is 0 Å². The van der Waals surface area contributed by atoms with Crippen LogP contribution in [-0.2, 0) is 9.59 Å². The van der Waals surface area contributed by atoms with Gasteiger partial charge in [0.15, 0.2) is 11.6 Å². The van der Waals surface area contributed by atoms with Crippen molar-refractivity contribution in [3.8, 4) is 0 Å². The summed E-state index contributed by atoms with van der Waals surface area (Å²) in [5, 5.41) is 6.99. The van der Waals surface area contributed by atoms with Crippen LogP contribution in [0, 0.1) is 6.92 Å². The van der Waals surface area contributed by atoms with Crippen molar-refractivity contribution in [3.63, 3.8) is 0 Å². The van der Waals surface area contributed by atoms with Gasteiger partial charge in [-0.25, -0.2) is 0 Å². The molecule has 1 aliphatic heterocycles. The number of fused-ring (bicyclic) bond motifs is 1. The average Bonchev–Trinajstić information content (AvgIpc) is 3.14. The van der Waals surface area contributed by atoms with Gasteiger partial charge < -0.3 is 10.6 Å². The first kappa shape index (κ1) is 42.0. The zero-order chi connectivity index (χ0) is 37.7. The lowest BCUT2D eigenvalue weighted by Gasteiger charge is -2.29. The molecule has 3 rings (SSSR count). The van der Waals surface area contributed by atoms with Gasteiger partial charge in [0.1, 0.15) is 0 Å². The van der Waals surface area contributed by atoms with Crippen LogP contribution in [0.4, 0.5) is 0 Å². The average molecular weight is 706 g/mol. The topological polar surface area (TPSA) is 95.6 Å². The van der Waals surface area contributed by atoms with Crippen LogP contribution in [0.5, 0.6) is 0 Å². The van der Waals surface area contributed by atoms with Crippen LogP contribution in [0.15, 0.2) is 79.9 Å². The molecule has 0 bridgehead atoms. The third kappa shape index (κ3) is 12.3. The van der Waals surface area contributed by atoms with Gasteiger partial charge in [0.25, 0.3) is 11.8 Å². The maximum atomic E-state index is 13.1. The Balaban J connectivity index is 1.16. The lowest BCUT2D eigenvalue weighted by atomic mass is 9.89. The van der Waals surface area contributed by atoms with E-state index >= 15 is 0 Å². The van der Waals surface area contributed by atoms with Crippen LogP contribution < -0.4 is 10.6 Å². The van der Waals surface area contributed by atoms with Crippen molar-refractivity contribution in [2.45, 2.75) is 91.4 Å². The molecule has 7 nitrogen and oxygen atoms in total. The fourth-order valence-electron chi connectivity index (χ4n) is 6.70. The molecular weight excluding hydrogens is 647 g/mol. The van der Waals surface area contributed by atoms with E-state index in [1.807, 2.05) is 44.2 Å². The second-order valence-corrected chi connectivity index (χ2v) is 13.4.